The van der Waals surface area contributed by atoms with Crippen molar-refractivity contribution >= 4 is 55.0 Å². The molecule has 2 unspecified atom stereocenters. The van der Waals surface area contributed by atoms with Gasteiger partial charge < -0.3 is 20.7 Å². The average Bonchev–Trinajstić information content (AvgIpc) is 3.74. The fraction of sp³-hybridized carbons (Fsp3) is 0.452. The second kappa shape index (κ2) is 9.74. The number of nitrogens with two attached hydrogens (primary N) is 1. The van der Waals surface area contributed by atoms with Gasteiger partial charge in [-0.3, -0.25) is 4.90 Å². The van der Waals surface area contributed by atoms with Gasteiger partial charge in [-0.15, -0.1) is 6.58 Å². The van der Waals surface area contributed by atoms with E-state index < -0.39 is 0 Å². The van der Waals surface area contributed by atoms with Crippen LogP contribution in [0, 0.1) is 5.82 Å². The summed E-state index contributed by atoms with van der Waals surface area (Å²) >= 11 is 8.11. The Hall–Kier alpha value is -3.05. The van der Waals surface area contributed by atoms with Crippen molar-refractivity contribution in [1.29, 1.82) is 0 Å². The van der Waals surface area contributed by atoms with Crippen LogP contribution >= 0.6 is 22.9 Å². The lowest BCUT2D eigenvalue weighted by Crippen LogP contribution is -2.58. The highest BCUT2D eigenvalue weighted by molar-refractivity contribution is 7.22. The first-order valence-electron chi connectivity index (χ1n) is 14.8. The van der Waals surface area contributed by atoms with Crippen molar-refractivity contribution in [3.05, 3.63) is 47.8 Å². The molecule has 0 saturated carbocycles. The van der Waals surface area contributed by atoms with Gasteiger partial charge in [0.25, 0.3) is 0 Å². The zero-order valence-corrected chi connectivity index (χ0v) is 24.9. The van der Waals surface area contributed by atoms with E-state index in [2.05, 4.69) is 26.7 Å². The number of ether oxygens (including phenoxy) is 1. The maximum Gasteiger partial charge on any atom is 0.319 e. The monoisotopic (exact) mass is 605 g/mol. The van der Waals surface area contributed by atoms with Crippen molar-refractivity contribution in [1.82, 2.24) is 25.2 Å². The second-order valence-corrected chi connectivity index (χ2v) is 13.8. The largest absolute Gasteiger partial charge is 0.461 e. The highest BCUT2D eigenvalue weighted by atomic mass is 35.5. The predicted molar refractivity (Wildman–Crippen MR) is 167 cm³/mol. The van der Waals surface area contributed by atoms with Gasteiger partial charge in [0.15, 0.2) is 5.13 Å². The lowest BCUT2D eigenvalue weighted by atomic mass is 9.95. The summed E-state index contributed by atoms with van der Waals surface area (Å²) in [5.41, 5.74) is 8.56. The average molecular weight is 606 g/mol. The summed E-state index contributed by atoms with van der Waals surface area (Å²) in [6.07, 6.45) is 8.87. The van der Waals surface area contributed by atoms with Crippen molar-refractivity contribution in [2.75, 3.05) is 43.4 Å². The van der Waals surface area contributed by atoms with E-state index in [0.29, 0.717) is 44.6 Å². The van der Waals surface area contributed by atoms with Gasteiger partial charge >= 0.3 is 6.01 Å². The Morgan fingerprint density at radius 2 is 2.00 bits per heavy atom. The molecule has 4 aromatic rings. The summed E-state index contributed by atoms with van der Waals surface area (Å²) in [5, 5.41) is 5.44. The van der Waals surface area contributed by atoms with Gasteiger partial charge in [-0.05, 0) is 75.9 Å². The standard InChI is InChI=1S/C31H33ClFN7OS/c1-2-30-10-7-18(38-30)15-39(16-30)27-21-13-22(32)20(19-5-6-23(33)26-25(19)36-28(34)42-26)14-24(21)35-29(37-27)41-17-31-8-3-11-40(31)12-4-9-31/h2,5-6,13-14,18,38H,1,3-4,7-12,15-17H2,(H2,34,36). The van der Waals surface area contributed by atoms with E-state index in [-0.39, 0.29) is 16.9 Å². The van der Waals surface area contributed by atoms with Crippen LogP contribution in [0.4, 0.5) is 15.3 Å². The summed E-state index contributed by atoms with van der Waals surface area (Å²) < 4.78 is 21.5. The van der Waals surface area contributed by atoms with Crippen molar-refractivity contribution in [2.45, 2.75) is 55.6 Å². The highest BCUT2D eigenvalue weighted by Gasteiger charge is 2.46. The van der Waals surface area contributed by atoms with Crippen LogP contribution in [0.25, 0.3) is 32.2 Å². The van der Waals surface area contributed by atoms with Gasteiger partial charge in [0.1, 0.15) is 18.2 Å². The molecule has 0 amide bonds. The molecule has 8 nitrogen and oxygen atoms in total. The third-order valence-electron chi connectivity index (χ3n) is 9.86. The molecule has 2 atom stereocenters. The first-order chi connectivity index (χ1) is 20.4. The lowest BCUT2D eigenvalue weighted by molar-refractivity contribution is 0.108. The Balaban J connectivity index is 1.25. The smallest absolute Gasteiger partial charge is 0.319 e. The maximum atomic E-state index is 14.6. The van der Waals surface area contributed by atoms with Crippen molar-refractivity contribution in [3.63, 3.8) is 0 Å². The Kier molecular flexibility index (Phi) is 6.16. The van der Waals surface area contributed by atoms with Crippen molar-refractivity contribution in [2.24, 2.45) is 0 Å². The second-order valence-electron chi connectivity index (χ2n) is 12.3. The molecule has 2 aromatic heterocycles. The highest BCUT2D eigenvalue weighted by Crippen LogP contribution is 2.43. The van der Waals surface area contributed by atoms with E-state index in [9.17, 15) is 4.39 Å². The number of hydrogen-bond acceptors (Lipinski definition) is 9. The molecule has 2 bridgehead atoms. The SMILES string of the molecule is C=CC12CCC(CN(c3nc(OCC45CCCN4CCC5)nc4cc(-c5ccc(F)c6sc(N)nc56)c(Cl)cc34)C1)N2. The minimum Gasteiger partial charge on any atom is -0.461 e. The van der Waals surface area contributed by atoms with Crippen LogP contribution < -0.4 is 20.7 Å². The number of nitrogen functional groups attached to an aromatic ring is 1. The van der Waals surface area contributed by atoms with E-state index in [1.165, 1.54) is 18.9 Å². The van der Waals surface area contributed by atoms with Crippen molar-refractivity contribution in [3.8, 4) is 17.1 Å². The Labute approximate surface area is 252 Å². The van der Waals surface area contributed by atoms with Crippen LogP contribution in [0.1, 0.15) is 38.5 Å². The quantitative estimate of drug-likeness (QED) is 0.267. The molecular weight excluding hydrogens is 573 g/mol. The predicted octanol–water partition coefficient (Wildman–Crippen LogP) is 5.79. The van der Waals surface area contributed by atoms with Crippen LogP contribution in [-0.2, 0) is 0 Å². The van der Waals surface area contributed by atoms with E-state index in [4.69, 9.17) is 32.0 Å². The van der Waals surface area contributed by atoms with Crippen LogP contribution in [0.5, 0.6) is 6.01 Å². The zero-order valence-electron chi connectivity index (χ0n) is 23.3. The molecule has 0 aliphatic carbocycles. The van der Waals surface area contributed by atoms with Crippen molar-refractivity contribution < 1.29 is 9.13 Å². The van der Waals surface area contributed by atoms with E-state index >= 15 is 0 Å². The van der Waals surface area contributed by atoms with Gasteiger partial charge in [0, 0.05) is 40.7 Å². The molecule has 4 aliphatic heterocycles. The number of anilines is 2. The molecule has 8 rings (SSSR count). The number of nitrogens with zero attached hydrogens (tertiary/aromatic N) is 5. The number of rotatable bonds is 6. The number of piperazine rings is 1. The number of nitrogens with one attached hydrogen (secondary N) is 1. The number of thiazole rings is 1. The molecule has 3 N–H and O–H groups in total. The third-order valence-corrected chi connectivity index (χ3v) is 11.1. The third kappa shape index (κ3) is 4.17. The molecule has 0 spiro atoms. The number of benzene rings is 2. The minimum absolute atomic E-state index is 0.0783. The summed E-state index contributed by atoms with van der Waals surface area (Å²) in [4.78, 5) is 19.3. The van der Waals surface area contributed by atoms with Crippen LogP contribution in [0.3, 0.4) is 0 Å². The number of fused-ring (bicyclic) bond motifs is 5. The summed E-state index contributed by atoms with van der Waals surface area (Å²) in [6, 6.07) is 7.75. The van der Waals surface area contributed by atoms with Gasteiger partial charge in [0.05, 0.1) is 26.8 Å². The van der Waals surface area contributed by atoms with Gasteiger partial charge in [-0.2, -0.15) is 9.97 Å². The maximum absolute atomic E-state index is 14.6. The summed E-state index contributed by atoms with van der Waals surface area (Å²) in [7, 11) is 0. The topological polar surface area (TPSA) is 92.4 Å². The molecular formula is C31H33ClFN7OS. The molecule has 4 aliphatic rings. The molecule has 4 saturated heterocycles. The van der Waals surface area contributed by atoms with E-state index in [0.717, 1.165) is 85.5 Å². The normalized spacial score (nSPS) is 25.0. The van der Waals surface area contributed by atoms with Gasteiger partial charge in [-0.25, -0.2) is 9.37 Å². The fourth-order valence-electron chi connectivity index (χ4n) is 7.80. The Morgan fingerprint density at radius 1 is 1.17 bits per heavy atom. The summed E-state index contributed by atoms with van der Waals surface area (Å²) in [6.45, 7) is 8.57. The molecule has 2 aromatic carbocycles. The van der Waals surface area contributed by atoms with Crippen LogP contribution in [-0.4, -0.2) is 69.8 Å². The number of aromatic nitrogens is 3. The fourth-order valence-corrected chi connectivity index (χ4v) is 8.83. The molecule has 4 fully saturated rings. The van der Waals surface area contributed by atoms with Crippen LogP contribution in [0.2, 0.25) is 5.02 Å². The number of hydrogen-bond donors (Lipinski definition) is 2. The lowest BCUT2D eigenvalue weighted by Gasteiger charge is -2.40. The molecule has 11 heteroatoms. The van der Waals surface area contributed by atoms with Gasteiger partial charge in [0.2, 0.25) is 0 Å². The minimum atomic E-state index is -0.350. The zero-order chi connectivity index (χ0) is 28.6. The Bertz CT molecular complexity index is 1740. The first-order valence-corrected chi connectivity index (χ1v) is 16.0. The molecule has 42 heavy (non-hydrogen) atoms. The molecule has 218 valence electrons. The number of halogens is 2. The molecule has 6 heterocycles. The van der Waals surface area contributed by atoms with E-state index in [1.54, 1.807) is 6.07 Å². The van der Waals surface area contributed by atoms with Crippen LogP contribution in [0.15, 0.2) is 36.9 Å². The summed E-state index contributed by atoms with van der Waals surface area (Å²) in [5.74, 6) is 0.467. The van der Waals surface area contributed by atoms with E-state index in [1.807, 2.05) is 18.2 Å². The molecule has 0 radical (unpaired) electrons. The first kappa shape index (κ1) is 26.6. The van der Waals surface area contributed by atoms with Gasteiger partial charge in [-0.1, -0.05) is 29.0 Å². The Morgan fingerprint density at radius 3 is 2.81 bits per heavy atom.